The van der Waals surface area contributed by atoms with Gasteiger partial charge in [0.15, 0.2) is 0 Å². The van der Waals surface area contributed by atoms with Crippen molar-refractivity contribution in [1.29, 1.82) is 0 Å². The molecule has 0 aliphatic rings. The van der Waals surface area contributed by atoms with E-state index >= 15 is 0 Å². The molecule has 0 aliphatic carbocycles. The zero-order valence-electron chi connectivity index (χ0n) is 12.5. The predicted octanol–water partition coefficient (Wildman–Crippen LogP) is 3.91. The predicted molar refractivity (Wildman–Crippen MR) is 91.9 cm³/mol. The molecule has 0 bridgehead atoms. The summed E-state index contributed by atoms with van der Waals surface area (Å²) in [7, 11) is 1.36. The number of amidine groups is 1. The number of hydrogen-bond donors (Lipinski definition) is 1. The summed E-state index contributed by atoms with van der Waals surface area (Å²) in [5, 5.41) is 9.59. The summed E-state index contributed by atoms with van der Waals surface area (Å²) < 4.78 is 5.06. The standard InChI is InChI=1S/C15H18Cl2N2O3/c1-6-18-13(15(20)21)19-14(22-5)10(3)7-9(2)12(17)8-11(4)16/h8H,2-4,6-7H2,1,5H3,(H,20,21)/b12-8+,18-13-,19-14+. The molecule has 0 heterocycles. The molecule has 22 heavy (non-hydrogen) atoms. The van der Waals surface area contributed by atoms with E-state index in [0.717, 1.165) is 0 Å². The van der Waals surface area contributed by atoms with E-state index in [0.29, 0.717) is 16.2 Å². The zero-order chi connectivity index (χ0) is 17.3. The minimum absolute atomic E-state index is 0.0462. The van der Waals surface area contributed by atoms with Gasteiger partial charge in [0.05, 0.1) is 7.11 Å². The van der Waals surface area contributed by atoms with Gasteiger partial charge in [0.1, 0.15) is 0 Å². The third-order valence-corrected chi connectivity index (χ3v) is 2.74. The van der Waals surface area contributed by atoms with Gasteiger partial charge in [0.25, 0.3) is 0 Å². The first-order chi connectivity index (χ1) is 10.2. The molecule has 5 nitrogen and oxygen atoms in total. The number of methoxy groups -OCH3 is 1. The highest BCUT2D eigenvalue weighted by atomic mass is 35.5. The number of allylic oxidation sites excluding steroid dienone is 4. The number of halogens is 2. The fourth-order valence-corrected chi connectivity index (χ4v) is 1.69. The second kappa shape index (κ2) is 9.97. The van der Waals surface area contributed by atoms with Gasteiger partial charge in [0.2, 0.25) is 11.7 Å². The average molecular weight is 345 g/mol. The smallest absolute Gasteiger partial charge is 0.373 e. The lowest BCUT2D eigenvalue weighted by molar-refractivity contribution is -0.129. The van der Waals surface area contributed by atoms with Crippen molar-refractivity contribution in [3.8, 4) is 0 Å². The Morgan fingerprint density at radius 3 is 2.27 bits per heavy atom. The van der Waals surface area contributed by atoms with Crippen LogP contribution in [0.5, 0.6) is 0 Å². The van der Waals surface area contributed by atoms with Crippen LogP contribution in [-0.4, -0.2) is 36.5 Å². The van der Waals surface area contributed by atoms with Crippen LogP contribution in [0.4, 0.5) is 0 Å². The molecule has 0 aromatic carbocycles. The van der Waals surface area contributed by atoms with Gasteiger partial charge in [-0.3, -0.25) is 4.99 Å². The summed E-state index contributed by atoms with van der Waals surface area (Å²) in [5.41, 5.74) is 0.923. The molecule has 0 saturated carbocycles. The molecule has 0 spiro atoms. The van der Waals surface area contributed by atoms with Gasteiger partial charge in [-0.2, -0.15) is 4.99 Å². The quantitative estimate of drug-likeness (QED) is 0.451. The van der Waals surface area contributed by atoms with Gasteiger partial charge in [-0.1, -0.05) is 42.9 Å². The van der Waals surface area contributed by atoms with E-state index in [1.807, 2.05) is 0 Å². The number of carboxylic acid groups (broad SMARTS) is 1. The van der Waals surface area contributed by atoms with Crippen molar-refractivity contribution in [2.24, 2.45) is 9.98 Å². The molecular weight excluding hydrogens is 327 g/mol. The van der Waals surface area contributed by atoms with E-state index in [4.69, 9.17) is 33.0 Å². The van der Waals surface area contributed by atoms with Crippen LogP contribution in [-0.2, 0) is 9.53 Å². The Balaban J connectivity index is 5.23. The monoisotopic (exact) mass is 344 g/mol. The summed E-state index contributed by atoms with van der Waals surface area (Å²) in [4.78, 5) is 18.6. The summed E-state index contributed by atoms with van der Waals surface area (Å²) >= 11 is 11.6. The second-order valence-corrected chi connectivity index (χ2v) is 4.94. The van der Waals surface area contributed by atoms with Crippen LogP contribution in [0, 0.1) is 0 Å². The Morgan fingerprint density at radius 1 is 1.27 bits per heavy atom. The first-order valence-corrected chi connectivity index (χ1v) is 6.96. The second-order valence-electron chi connectivity index (χ2n) is 4.05. The van der Waals surface area contributed by atoms with Crippen molar-refractivity contribution >= 4 is 40.9 Å². The molecule has 0 aliphatic heterocycles. The summed E-state index contributed by atoms with van der Waals surface area (Å²) in [6, 6.07) is 0. The maximum Gasteiger partial charge on any atom is 0.373 e. The van der Waals surface area contributed by atoms with E-state index < -0.39 is 5.97 Å². The van der Waals surface area contributed by atoms with Gasteiger partial charge in [-0.15, -0.1) is 0 Å². The molecule has 0 rings (SSSR count). The highest BCUT2D eigenvalue weighted by molar-refractivity contribution is 6.37. The molecular formula is C15H18Cl2N2O3. The van der Waals surface area contributed by atoms with Crippen molar-refractivity contribution in [2.75, 3.05) is 13.7 Å². The maximum absolute atomic E-state index is 11.0. The fourth-order valence-electron chi connectivity index (χ4n) is 1.32. The molecule has 0 aromatic rings. The summed E-state index contributed by atoms with van der Waals surface area (Å²) in [6.45, 7) is 13.1. The van der Waals surface area contributed by atoms with Gasteiger partial charge >= 0.3 is 5.97 Å². The number of aliphatic imine (C=N–C) groups is 2. The lowest BCUT2D eigenvalue weighted by Gasteiger charge is -2.10. The van der Waals surface area contributed by atoms with Gasteiger partial charge in [0, 0.05) is 28.6 Å². The molecule has 0 radical (unpaired) electrons. The third kappa shape index (κ3) is 7.24. The zero-order valence-corrected chi connectivity index (χ0v) is 14.0. The molecule has 0 amide bonds. The number of nitrogens with zero attached hydrogens (tertiary/aromatic N) is 2. The third-order valence-electron chi connectivity index (χ3n) is 2.25. The molecule has 7 heteroatoms. The number of ether oxygens (including phenoxy) is 1. The first-order valence-electron chi connectivity index (χ1n) is 6.21. The number of hydrogen-bond acceptors (Lipinski definition) is 3. The number of carboxylic acids is 1. The van der Waals surface area contributed by atoms with Crippen molar-refractivity contribution in [3.63, 3.8) is 0 Å². The van der Waals surface area contributed by atoms with Gasteiger partial charge in [-0.05, 0) is 18.6 Å². The van der Waals surface area contributed by atoms with Crippen LogP contribution < -0.4 is 0 Å². The molecule has 0 aromatic heterocycles. The Labute approximate surface area is 140 Å². The van der Waals surface area contributed by atoms with Crippen LogP contribution in [0.15, 0.2) is 57.0 Å². The van der Waals surface area contributed by atoms with E-state index in [2.05, 4.69) is 29.7 Å². The SMILES string of the molecule is C=C(Cl)/C=C(/Cl)C(=C)CC(=C)/C(=N\C(=N/CC)C(=O)O)OC. The van der Waals surface area contributed by atoms with Crippen LogP contribution in [0.1, 0.15) is 13.3 Å². The average Bonchev–Trinajstić information content (AvgIpc) is 2.41. The Morgan fingerprint density at radius 2 is 1.86 bits per heavy atom. The van der Waals surface area contributed by atoms with Crippen LogP contribution >= 0.6 is 23.2 Å². The Hall–Kier alpha value is -1.85. The Bertz CT molecular complexity index is 575. The van der Waals surface area contributed by atoms with Crippen LogP contribution in [0.2, 0.25) is 0 Å². The molecule has 0 saturated heterocycles. The van der Waals surface area contributed by atoms with E-state index in [9.17, 15) is 4.79 Å². The normalized spacial score (nSPS) is 12.8. The fraction of sp³-hybridized carbons (Fsp3) is 0.267. The molecule has 0 atom stereocenters. The molecule has 0 unspecified atom stereocenters. The maximum atomic E-state index is 11.0. The largest absolute Gasteiger partial charge is 0.481 e. The lowest BCUT2D eigenvalue weighted by atomic mass is 10.1. The molecule has 0 fully saturated rings. The number of carbonyl (C=O) groups is 1. The first kappa shape index (κ1) is 20.1. The summed E-state index contributed by atoms with van der Waals surface area (Å²) in [5.74, 6) is -1.56. The van der Waals surface area contributed by atoms with Gasteiger partial charge in [-0.25, -0.2) is 4.79 Å². The van der Waals surface area contributed by atoms with E-state index in [-0.39, 0.29) is 29.7 Å². The number of rotatable bonds is 6. The van der Waals surface area contributed by atoms with Crippen LogP contribution in [0.25, 0.3) is 0 Å². The van der Waals surface area contributed by atoms with Crippen molar-refractivity contribution in [1.82, 2.24) is 0 Å². The highest BCUT2D eigenvalue weighted by Gasteiger charge is 2.14. The lowest BCUT2D eigenvalue weighted by Crippen LogP contribution is -2.16. The summed E-state index contributed by atoms with van der Waals surface area (Å²) in [6.07, 6.45) is 1.68. The van der Waals surface area contributed by atoms with Crippen molar-refractivity contribution < 1.29 is 14.6 Å². The minimum atomic E-state index is -1.25. The van der Waals surface area contributed by atoms with Gasteiger partial charge < -0.3 is 9.84 Å². The van der Waals surface area contributed by atoms with E-state index in [1.165, 1.54) is 13.2 Å². The Kier molecular flexibility index (Phi) is 9.13. The van der Waals surface area contributed by atoms with Crippen LogP contribution in [0.3, 0.4) is 0 Å². The highest BCUT2D eigenvalue weighted by Crippen LogP contribution is 2.23. The molecule has 120 valence electrons. The molecule has 1 N–H and O–H groups in total. The van der Waals surface area contributed by atoms with Crippen molar-refractivity contribution in [3.05, 3.63) is 47.0 Å². The van der Waals surface area contributed by atoms with E-state index in [1.54, 1.807) is 6.92 Å². The topological polar surface area (TPSA) is 71.2 Å². The number of aliphatic carboxylic acids is 1. The minimum Gasteiger partial charge on any atom is -0.481 e. The van der Waals surface area contributed by atoms with Crippen molar-refractivity contribution in [2.45, 2.75) is 13.3 Å².